The van der Waals surface area contributed by atoms with Crippen molar-refractivity contribution in [2.75, 3.05) is 19.7 Å². The summed E-state index contributed by atoms with van der Waals surface area (Å²) in [4.78, 5) is 12.0. The summed E-state index contributed by atoms with van der Waals surface area (Å²) in [5.41, 5.74) is 1.98. The molecule has 23 heavy (non-hydrogen) atoms. The zero-order valence-electron chi connectivity index (χ0n) is 14.1. The second-order valence-electron chi connectivity index (χ2n) is 7.16. The lowest BCUT2D eigenvalue weighted by Crippen LogP contribution is -2.28. The number of pyridine rings is 1. The van der Waals surface area contributed by atoms with Crippen molar-refractivity contribution in [1.29, 1.82) is 0 Å². The minimum atomic E-state index is 0.118. The number of rotatable bonds is 4. The first kappa shape index (κ1) is 15.1. The molecule has 0 aromatic carbocycles. The van der Waals surface area contributed by atoms with E-state index in [-0.39, 0.29) is 6.23 Å². The van der Waals surface area contributed by atoms with E-state index in [0.29, 0.717) is 12.0 Å². The summed E-state index contributed by atoms with van der Waals surface area (Å²) in [6.45, 7) is 7.81. The monoisotopic (exact) mass is 314 g/mol. The Morgan fingerprint density at radius 3 is 3.00 bits per heavy atom. The number of fused-ring (bicyclic) bond motifs is 1. The Labute approximate surface area is 137 Å². The quantitative estimate of drug-likeness (QED) is 0.870. The first-order chi connectivity index (χ1) is 11.2. The molecule has 2 unspecified atom stereocenters. The van der Waals surface area contributed by atoms with E-state index in [4.69, 9.17) is 9.72 Å². The van der Waals surface area contributed by atoms with Gasteiger partial charge in [0.2, 0.25) is 0 Å². The summed E-state index contributed by atoms with van der Waals surface area (Å²) in [7, 11) is 0. The molecule has 0 N–H and O–H groups in total. The Hall–Kier alpha value is -1.46. The number of hydrogen-bond donors (Lipinski definition) is 0. The minimum absolute atomic E-state index is 0.118. The molecule has 124 valence electrons. The van der Waals surface area contributed by atoms with Crippen LogP contribution in [0.2, 0.25) is 0 Å². The summed E-state index contributed by atoms with van der Waals surface area (Å²) >= 11 is 0. The second-order valence-corrected chi connectivity index (χ2v) is 7.16. The summed E-state index contributed by atoms with van der Waals surface area (Å²) < 4.78 is 8.21. The van der Waals surface area contributed by atoms with Crippen LogP contribution in [0.4, 0.5) is 0 Å². The summed E-state index contributed by atoms with van der Waals surface area (Å²) in [5.74, 6) is 1.84. The molecule has 4 heterocycles. The van der Waals surface area contributed by atoms with Crippen LogP contribution in [0.5, 0.6) is 0 Å². The van der Waals surface area contributed by atoms with Crippen LogP contribution in [0.3, 0.4) is 0 Å². The molecule has 2 aliphatic rings. The third-order valence-corrected chi connectivity index (χ3v) is 5.23. The van der Waals surface area contributed by atoms with Crippen LogP contribution in [0, 0.1) is 5.92 Å². The van der Waals surface area contributed by atoms with Crippen molar-refractivity contribution >= 4 is 11.2 Å². The van der Waals surface area contributed by atoms with Gasteiger partial charge in [0, 0.05) is 31.8 Å². The first-order valence-electron chi connectivity index (χ1n) is 8.90. The van der Waals surface area contributed by atoms with Gasteiger partial charge in [0.25, 0.3) is 0 Å². The average molecular weight is 314 g/mol. The highest BCUT2D eigenvalue weighted by molar-refractivity contribution is 5.71. The van der Waals surface area contributed by atoms with Gasteiger partial charge in [-0.1, -0.05) is 0 Å². The Morgan fingerprint density at radius 2 is 2.26 bits per heavy atom. The van der Waals surface area contributed by atoms with Gasteiger partial charge in [0.15, 0.2) is 5.65 Å². The van der Waals surface area contributed by atoms with Gasteiger partial charge in [-0.05, 0) is 57.7 Å². The van der Waals surface area contributed by atoms with Crippen LogP contribution in [0.25, 0.3) is 11.2 Å². The van der Waals surface area contributed by atoms with Gasteiger partial charge in [-0.15, -0.1) is 0 Å². The summed E-state index contributed by atoms with van der Waals surface area (Å²) in [6.07, 6.45) is 6.46. The number of imidazole rings is 1. The summed E-state index contributed by atoms with van der Waals surface area (Å²) in [6, 6.07) is 4.67. The molecule has 0 spiro atoms. The van der Waals surface area contributed by atoms with Crippen molar-refractivity contribution < 1.29 is 4.74 Å². The van der Waals surface area contributed by atoms with Gasteiger partial charge in [0.05, 0.1) is 0 Å². The fourth-order valence-corrected chi connectivity index (χ4v) is 3.94. The zero-order chi connectivity index (χ0) is 15.8. The molecule has 0 aliphatic carbocycles. The highest BCUT2D eigenvalue weighted by Gasteiger charge is 2.29. The van der Waals surface area contributed by atoms with Crippen molar-refractivity contribution in [2.24, 2.45) is 5.92 Å². The number of likely N-dealkylation sites (tertiary alicyclic amines) is 1. The first-order valence-corrected chi connectivity index (χ1v) is 8.90. The van der Waals surface area contributed by atoms with E-state index < -0.39 is 0 Å². The number of ether oxygens (including phenoxy) is 1. The van der Waals surface area contributed by atoms with E-state index in [1.165, 1.54) is 19.5 Å². The molecule has 4 rings (SSSR count). The molecule has 2 aliphatic heterocycles. The zero-order valence-corrected chi connectivity index (χ0v) is 14.1. The molecule has 0 saturated carbocycles. The standard InChI is InChI=1S/C18H26N4O/c1-13(2)21-9-7-14(12-21)11-16-20-15-5-3-8-19-18(15)22(16)17-6-4-10-23-17/h3,5,8,13-14,17H,4,6-7,9-12H2,1-2H3. The van der Waals surface area contributed by atoms with Crippen molar-refractivity contribution in [1.82, 2.24) is 19.4 Å². The predicted molar refractivity (Wildman–Crippen MR) is 90.3 cm³/mol. The molecule has 0 amide bonds. The van der Waals surface area contributed by atoms with Crippen molar-refractivity contribution in [3.05, 3.63) is 24.2 Å². The Bertz CT molecular complexity index is 675. The maximum Gasteiger partial charge on any atom is 0.162 e. The van der Waals surface area contributed by atoms with Crippen molar-refractivity contribution in [2.45, 2.75) is 51.8 Å². The largest absolute Gasteiger partial charge is 0.358 e. The van der Waals surface area contributed by atoms with Crippen LogP contribution in [0.1, 0.15) is 45.2 Å². The van der Waals surface area contributed by atoms with Crippen molar-refractivity contribution in [3.63, 3.8) is 0 Å². The minimum Gasteiger partial charge on any atom is -0.358 e. The maximum absolute atomic E-state index is 5.94. The molecule has 0 radical (unpaired) electrons. The molecule has 2 saturated heterocycles. The molecule has 2 aromatic rings. The normalized spacial score (nSPS) is 25.9. The van der Waals surface area contributed by atoms with Gasteiger partial charge in [0.1, 0.15) is 17.6 Å². The molecular formula is C18H26N4O. The van der Waals surface area contributed by atoms with E-state index in [2.05, 4.69) is 34.4 Å². The molecular weight excluding hydrogens is 288 g/mol. The van der Waals surface area contributed by atoms with Gasteiger partial charge in [-0.3, -0.25) is 4.57 Å². The Morgan fingerprint density at radius 1 is 1.35 bits per heavy atom. The molecule has 5 heteroatoms. The van der Waals surface area contributed by atoms with Crippen LogP contribution < -0.4 is 0 Å². The van der Waals surface area contributed by atoms with Gasteiger partial charge < -0.3 is 9.64 Å². The maximum atomic E-state index is 5.94. The third kappa shape index (κ3) is 2.88. The predicted octanol–water partition coefficient (Wildman–Crippen LogP) is 3.01. The topological polar surface area (TPSA) is 43.2 Å². The van der Waals surface area contributed by atoms with Crippen LogP contribution in [-0.2, 0) is 11.2 Å². The van der Waals surface area contributed by atoms with E-state index in [1.807, 2.05) is 12.3 Å². The lowest BCUT2D eigenvalue weighted by Gasteiger charge is -2.20. The second kappa shape index (κ2) is 6.21. The average Bonchev–Trinajstić information content (AvgIpc) is 3.25. The van der Waals surface area contributed by atoms with E-state index in [9.17, 15) is 0 Å². The van der Waals surface area contributed by atoms with E-state index in [1.54, 1.807) is 0 Å². The van der Waals surface area contributed by atoms with Gasteiger partial charge in [-0.25, -0.2) is 9.97 Å². The van der Waals surface area contributed by atoms with Gasteiger partial charge >= 0.3 is 0 Å². The number of nitrogens with zero attached hydrogens (tertiary/aromatic N) is 4. The lowest BCUT2D eigenvalue weighted by molar-refractivity contribution is 0.0566. The van der Waals surface area contributed by atoms with Crippen molar-refractivity contribution in [3.8, 4) is 0 Å². The van der Waals surface area contributed by atoms with Crippen LogP contribution in [0.15, 0.2) is 18.3 Å². The fraction of sp³-hybridized carbons (Fsp3) is 0.667. The lowest BCUT2D eigenvalue weighted by atomic mass is 10.0. The number of hydrogen-bond acceptors (Lipinski definition) is 4. The fourth-order valence-electron chi connectivity index (χ4n) is 3.94. The Kier molecular flexibility index (Phi) is 4.07. The van der Waals surface area contributed by atoms with Crippen LogP contribution in [-0.4, -0.2) is 45.2 Å². The molecule has 2 atom stereocenters. The molecule has 2 fully saturated rings. The molecule has 0 bridgehead atoms. The van der Waals surface area contributed by atoms with E-state index in [0.717, 1.165) is 42.9 Å². The summed E-state index contributed by atoms with van der Waals surface area (Å²) in [5, 5.41) is 0. The molecule has 5 nitrogen and oxygen atoms in total. The smallest absolute Gasteiger partial charge is 0.162 e. The van der Waals surface area contributed by atoms with E-state index >= 15 is 0 Å². The van der Waals surface area contributed by atoms with Crippen LogP contribution >= 0.6 is 0 Å². The third-order valence-electron chi connectivity index (χ3n) is 5.23. The van der Waals surface area contributed by atoms with Gasteiger partial charge in [-0.2, -0.15) is 0 Å². The number of aromatic nitrogens is 3. The highest BCUT2D eigenvalue weighted by Crippen LogP contribution is 2.30. The Balaban J connectivity index is 1.62. The SMILES string of the molecule is CC(C)N1CCC(Cc2nc3cccnc3n2C2CCCO2)C1. The molecule has 2 aromatic heterocycles. The highest BCUT2D eigenvalue weighted by atomic mass is 16.5.